The van der Waals surface area contributed by atoms with Gasteiger partial charge < -0.3 is 5.73 Å². The Kier molecular flexibility index (Phi) is 2.26. The third-order valence-electron chi connectivity index (χ3n) is 2.54. The monoisotopic (exact) mass is 199 g/mol. The van der Waals surface area contributed by atoms with E-state index in [1.54, 1.807) is 6.07 Å². The van der Waals surface area contributed by atoms with Gasteiger partial charge in [-0.15, -0.1) is 0 Å². The Bertz CT molecular complexity index is 338. The van der Waals surface area contributed by atoms with E-state index in [1.165, 1.54) is 6.07 Å². The van der Waals surface area contributed by atoms with E-state index in [0.29, 0.717) is 5.02 Å². The summed E-state index contributed by atoms with van der Waals surface area (Å²) in [5.74, 6) is -0.211. The molecule has 0 amide bonds. The Balaban J connectivity index is 2.56. The van der Waals surface area contributed by atoms with E-state index in [1.807, 2.05) is 0 Å². The van der Waals surface area contributed by atoms with Crippen molar-refractivity contribution in [1.82, 2.24) is 0 Å². The first-order chi connectivity index (χ1) is 6.18. The molecule has 2 N–H and O–H groups in total. The van der Waals surface area contributed by atoms with Gasteiger partial charge in [0.15, 0.2) is 0 Å². The van der Waals surface area contributed by atoms with Crippen molar-refractivity contribution in [2.75, 3.05) is 0 Å². The van der Waals surface area contributed by atoms with Crippen molar-refractivity contribution in [2.45, 2.75) is 25.3 Å². The molecule has 0 aliphatic heterocycles. The molecule has 2 rings (SSSR count). The summed E-state index contributed by atoms with van der Waals surface area (Å²) in [7, 11) is 0. The molecule has 1 aliphatic rings. The Morgan fingerprint density at radius 2 is 2.23 bits per heavy atom. The van der Waals surface area contributed by atoms with Gasteiger partial charge in [-0.3, -0.25) is 0 Å². The molecule has 0 aromatic heterocycles. The number of nitrogens with two attached hydrogens (primary N) is 1. The van der Waals surface area contributed by atoms with Crippen molar-refractivity contribution in [3.63, 3.8) is 0 Å². The molecule has 0 saturated carbocycles. The molecule has 3 heteroatoms. The second-order valence-corrected chi connectivity index (χ2v) is 3.89. The van der Waals surface area contributed by atoms with Crippen molar-refractivity contribution in [2.24, 2.45) is 5.73 Å². The van der Waals surface area contributed by atoms with Gasteiger partial charge in [-0.05, 0) is 42.5 Å². The summed E-state index contributed by atoms with van der Waals surface area (Å²) in [6.07, 6.45) is 2.67. The lowest BCUT2D eigenvalue weighted by molar-refractivity contribution is 0.531. The summed E-state index contributed by atoms with van der Waals surface area (Å²) in [6, 6.07) is 3.10. The number of fused-ring (bicyclic) bond motifs is 1. The quantitative estimate of drug-likeness (QED) is 0.683. The lowest BCUT2D eigenvalue weighted by Gasteiger charge is -2.22. The van der Waals surface area contributed by atoms with E-state index in [0.717, 1.165) is 30.4 Å². The summed E-state index contributed by atoms with van der Waals surface area (Å²) in [6.45, 7) is 0. The highest BCUT2D eigenvalue weighted by Crippen LogP contribution is 2.31. The summed E-state index contributed by atoms with van der Waals surface area (Å²) in [4.78, 5) is 0. The predicted octanol–water partition coefficient (Wildman–Crippen LogP) is 2.82. The van der Waals surface area contributed by atoms with Gasteiger partial charge in [0.25, 0.3) is 0 Å². The molecule has 0 heterocycles. The smallest absolute Gasteiger partial charge is 0.128 e. The first-order valence-electron chi connectivity index (χ1n) is 4.42. The topological polar surface area (TPSA) is 26.0 Å². The SMILES string of the molecule is N[C@@H]1CCCc2c(F)cc(Cl)cc21. The summed E-state index contributed by atoms with van der Waals surface area (Å²) in [5, 5.41) is 0.439. The molecule has 1 aromatic rings. The zero-order valence-corrected chi connectivity index (χ0v) is 7.94. The van der Waals surface area contributed by atoms with Crippen molar-refractivity contribution in [3.8, 4) is 0 Å². The fourth-order valence-corrected chi connectivity index (χ4v) is 2.09. The van der Waals surface area contributed by atoms with Gasteiger partial charge in [-0.1, -0.05) is 11.6 Å². The van der Waals surface area contributed by atoms with Crippen molar-refractivity contribution >= 4 is 11.6 Å². The molecular formula is C10H11ClFN. The second kappa shape index (κ2) is 3.28. The van der Waals surface area contributed by atoms with Gasteiger partial charge in [-0.2, -0.15) is 0 Å². The number of hydrogen-bond donors (Lipinski definition) is 1. The molecule has 0 saturated heterocycles. The highest BCUT2D eigenvalue weighted by Gasteiger charge is 2.20. The third-order valence-corrected chi connectivity index (χ3v) is 2.75. The molecule has 1 aromatic carbocycles. The molecule has 1 atom stereocenters. The van der Waals surface area contributed by atoms with Crippen LogP contribution in [-0.4, -0.2) is 0 Å². The number of hydrogen-bond acceptors (Lipinski definition) is 1. The van der Waals surface area contributed by atoms with Crippen LogP contribution in [0.15, 0.2) is 12.1 Å². The summed E-state index contributed by atoms with van der Waals surface area (Å²) >= 11 is 5.75. The Hall–Kier alpha value is -0.600. The zero-order chi connectivity index (χ0) is 9.42. The Labute approximate surface area is 81.7 Å². The van der Waals surface area contributed by atoms with Gasteiger partial charge in [0, 0.05) is 11.1 Å². The van der Waals surface area contributed by atoms with E-state index >= 15 is 0 Å². The molecule has 0 bridgehead atoms. The van der Waals surface area contributed by atoms with Crippen LogP contribution in [0.2, 0.25) is 5.02 Å². The van der Waals surface area contributed by atoms with Gasteiger partial charge >= 0.3 is 0 Å². The van der Waals surface area contributed by atoms with Crippen LogP contribution in [0.4, 0.5) is 4.39 Å². The molecule has 1 aliphatic carbocycles. The summed E-state index contributed by atoms with van der Waals surface area (Å²) < 4.78 is 13.4. The van der Waals surface area contributed by atoms with Gasteiger partial charge in [0.05, 0.1) is 0 Å². The normalized spacial score (nSPS) is 21.3. The van der Waals surface area contributed by atoms with Gasteiger partial charge in [0.1, 0.15) is 5.82 Å². The Morgan fingerprint density at radius 1 is 1.46 bits per heavy atom. The van der Waals surface area contributed by atoms with Crippen LogP contribution in [0.1, 0.15) is 30.0 Å². The van der Waals surface area contributed by atoms with Crippen LogP contribution in [0.25, 0.3) is 0 Å². The average molecular weight is 200 g/mol. The van der Waals surface area contributed by atoms with Crippen LogP contribution in [0.5, 0.6) is 0 Å². The number of benzene rings is 1. The highest BCUT2D eigenvalue weighted by molar-refractivity contribution is 6.30. The zero-order valence-electron chi connectivity index (χ0n) is 7.19. The molecule has 0 spiro atoms. The fraction of sp³-hybridized carbons (Fsp3) is 0.400. The number of rotatable bonds is 0. The maximum atomic E-state index is 13.4. The van der Waals surface area contributed by atoms with Gasteiger partial charge in [-0.25, -0.2) is 4.39 Å². The first kappa shape index (κ1) is 8.97. The van der Waals surface area contributed by atoms with Crippen LogP contribution in [0.3, 0.4) is 0 Å². The standard InChI is InChI=1S/C10H11ClFN/c11-6-4-8-7(9(12)5-6)2-1-3-10(8)13/h4-5,10H,1-3,13H2/t10-/m1/s1. The minimum Gasteiger partial charge on any atom is -0.324 e. The first-order valence-corrected chi connectivity index (χ1v) is 4.79. The molecular weight excluding hydrogens is 189 g/mol. The lowest BCUT2D eigenvalue weighted by atomic mass is 9.88. The molecule has 1 nitrogen and oxygen atoms in total. The van der Waals surface area contributed by atoms with Crippen LogP contribution >= 0.6 is 11.6 Å². The van der Waals surface area contributed by atoms with Crippen molar-refractivity contribution < 1.29 is 4.39 Å². The highest BCUT2D eigenvalue weighted by atomic mass is 35.5. The maximum Gasteiger partial charge on any atom is 0.128 e. The van der Waals surface area contributed by atoms with E-state index in [2.05, 4.69) is 0 Å². The van der Waals surface area contributed by atoms with Crippen LogP contribution < -0.4 is 5.73 Å². The van der Waals surface area contributed by atoms with E-state index in [9.17, 15) is 4.39 Å². The third kappa shape index (κ3) is 1.56. The van der Waals surface area contributed by atoms with E-state index in [4.69, 9.17) is 17.3 Å². The van der Waals surface area contributed by atoms with E-state index < -0.39 is 0 Å². The van der Waals surface area contributed by atoms with Crippen molar-refractivity contribution in [3.05, 3.63) is 34.1 Å². The maximum absolute atomic E-state index is 13.4. The molecule has 0 unspecified atom stereocenters. The number of halogens is 2. The minimum absolute atomic E-state index is 0.0445. The lowest BCUT2D eigenvalue weighted by Crippen LogP contribution is -2.18. The van der Waals surface area contributed by atoms with Crippen LogP contribution in [0, 0.1) is 5.82 Å². The van der Waals surface area contributed by atoms with Crippen LogP contribution in [-0.2, 0) is 6.42 Å². The second-order valence-electron chi connectivity index (χ2n) is 3.45. The van der Waals surface area contributed by atoms with Crippen molar-refractivity contribution in [1.29, 1.82) is 0 Å². The predicted molar refractivity (Wildman–Crippen MR) is 51.3 cm³/mol. The molecule has 13 heavy (non-hydrogen) atoms. The van der Waals surface area contributed by atoms with E-state index in [-0.39, 0.29) is 11.9 Å². The molecule has 0 radical (unpaired) electrons. The molecule has 70 valence electrons. The largest absolute Gasteiger partial charge is 0.324 e. The van der Waals surface area contributed by atoms with Gasteiger partial charge in [0.2, 0.25) is 0 Å². The Morgan fingerprint density at radius 3 is 3.00 bits per heavy atom. The fourth-order valence-electron chi connectivity index (χ4n) is 1.87. The summed E-state index contributed by atoms with van der Waals surface area (Å²) in [5.41, 5.74) is 7.50. The molecule has 0 fully saturated rings. The average Bonchev–Trinajstić information content (AvgIpc) is 2.07. The minimum atomic E-state index is -0.211.